The molecule has 0 saturated carbocycles. The minimum atomic E-state index is 0.501. The first-order valence-corrected chi connectivity index (χ1v) is 7.39. The fourth-order valence-electron chi connectivity index (χ4n) is 1.95. The predicted octanol–water partition coefficient (Wildman–Crippen LogP) is 3.98. The molecule has 0 aliphatic carbocycles. The van der Waals surface area contributed by atoms with Gasteiger partial charge in [-0.2, -0.15) is 0 Å². The highest BCUT2D eigenvalue weighted by molar-refractivity contribution is 5.46. The van der Waals surface area contributed by atoms with Gasteiger partial charge in [0.15, 0.2) is 0 Å². The van der Waals surface area contributed by atoms with E-state index in [1.54, 1.807) is 0 Å². The number of benzene rings is 1. The van der Waals surface area contributed by atoms with E-state index in [1.165, 1.54) is 5.56 Å². The smallest absolute Gasteiger partial charge is 0.125 e. The second-order valence-corrected chi connectivity index (χ2v) is 5.04. The van der Waals surface area contributed by atoms with Crippen molar-refractivity contribution in [3.05, 3.63) is 35.0 Å². The molecular weight excluding hydrogens is 250 g/mol. The summed E-state index contributed by atoms with van der Waals surface area (Å²) in [6.45, 7) is 9.50. The zero-order chi connectivity index (χ0) is 15.0. The van der Waals surface area contributed by atoms with Crippen molar-refractivity contribution in [1.29, 1.82) is 0 Å². The molecule has 1 aromatic carbocycles. The molecule has 1 rings (SSSR count). The highest BCUT2D eigenvalue weighted by Crippen LogP contribution is 2.29. The average molecular weight is 277 g/mol. The molecule has 0 unspecified atom stereocenters. The normalized spacial score (nSPS) is 11.5. The number of aryl methyl sites for hydroxylation is 2. The Morgan fingerprint density at radius 1 is 1.25 bits per heavy atom. The number of rotatable bonds is 8. The lowest BCUT2D eigenvalue weighted by Crippen LogP contribution is -2.03. The van der Waals surface area contributed by atoms with Crippen LogP contribution in [0.1, 0.15) is 44.7 Å². The highest BCUT2D eigenvalue weighted by Gasteiger charge is 2.09. The van der Waals surface area contributed by atoms with E-state index in [4.69, 9.17) is 15.2 Å². The zero-order valence-corrected chi connectivity index (χ0v) is 13.2. The van der Waals surface area contributed by atoms with Crippen LogP contribution in [0.3, 0.4) is 0 Å². The van der Waals surface area contributed by atoms with Crippen molar-refractivity contribution in [2.24, 2.45) is 5.73 Å². The molecule has 0 spiro atoms. The summed E-state index contributed by atoms with van der Waals surface area (Å²) in [5.74, 6) is 1.89. The van der Waals surface area contributed by atoms with Gasteiger partial charge in [-0.15, -0.1) is 0 Å². The molecule has 0 aliphatic rings. The Labute approximate surface area is 122 Å². The summed E-state index contributed by atoms with van der Waals surface area (Å²) in [4.78, 5) is 0. The SMILES string of the molecule is CCCCOc1c(C)cc(OC/C=C(\C)N)cc1CC. The summed E-state index contributed by atoms with van der Waals surface area (Å²) in [5.41, 5.74) is 8.70. The van der Waals surface area contributed by atoms with Crippen LogP contribution < -0.4 is 15.2 Å². The summed E-state index contributed by atoms with van der Waals surface area (Å²) in [5, 5.41) is 0. The number of allylic oxidation sites excluding steroid dienone is 1. The molecule has 20 heavy (non-hydrogen) atoms. The molecule has 3 nitrogen and oxygen atoms in total. The maximum atomic E-state index is 5.91. The molecule has 0 atom stereocenters. The molecule has 0 heterocycles. The quantitative estimate of drug-likeness (QED) is 0.731. The van der Waals surface area contributed by atoms with E-state index in [2.05, 4.69) is 26.8 Å². The largest absolute Gasteiger partial charge is 0.493 e. The summed E-state index contributed by atoms with van der Waals surface area (Å²) in [6.07, 6.45) is 5.03. The molecule has 2 N–H and O–H groups in total. The Hall–Kier alpha value is -1.64. The van der Waals surface area contributed by atoms with Gasteiger partial charge >= 0.3 is 0 Å². The second kappa shape index (κ2) is 8.51. The van der Waals surface area contributed by atoms with Crippen molar-refractivity contribution >= 4 is 0 Å². The first kappa shape index (κ1) is 16.4. The van der Waals surface area contributed by atoms with Crippen molar-refractivity contribution in [3.63, 3.8) is 0 Å². The molecule has 0 saturated heterocycles. The van der Waals surface area contributed by atoms with Gasteiger partial charge in [-0.05, 0) is 56.0 Å². The molecule has 112 valence electrons. The highest BCUT2D eigenvalue weighted by atomic mass is 16.5. The Morgan fingerprint density at radius 2 is 2.00 bits per heavy atom. The first-order valence-electron chi connectivity index (χ1n) is 7.39. The van der Waals surface area contributed by atoms with Gasteiger partial charge in [0, 0.05) is 5.70 Å². The third-order valence-electron chi connectivity index (χ3n) is 3.11. The average Bonchev–Trinajstić information content (AvgIpc) is 2.40. The third-order valence-corrected chi connectivity index (χ3v) is 3.11. The van der Waals surface area contributed by atoms with Gasteiger partial charge in [-0.1, -0.05) is 20.3 Å². The Balaban J connectivity index is 2.81. The molecule has 0 aliphatic heterocycles. The predicted molar refractivity (Wildman–Crippen MR) is 84.4 cm³/mol. The fraction of sp³-hybridized carbons (Fsp3) is 0.529. The molecule has 0 radical (unpaired) electrons. The lowest BCUT2D eigenvalue weighted by Gasteiger charge is -2.15. The van der Waals surface area contributed by atoms with Crippen LogP contribution in [0.5, 0.6) is 11.5 Å². The maximum Gasteiger partial charge on any atom is 0.125 e. The number of nitrogens with two attached hydrogens (primary N) is 1. The number of ether oxygens (including phenoxy) is 2. The second-order valence-electron chi connectivity index (χ2n) is 5.04. The van der Waals surface area contributed by atoms with Gasteiger partial charge in [-0.3, -0.25) is 0 Å². The summed E-state index contributed by atoms with van der Waals surface area (Å²) in [7, 11) is 0. The van der Waals surface area contributed by atoms with E-state index >= 15 is 0 Å². The van der Waals surface area contributed by atoms with Crippen molar-refractivity contribution < 1.29 is 9.47 Å². The minimum absolute atomic E-state index is 0.501. The lowest BCUT2D eigenvalue weighted by molar-refractivity contribution is 0.302. The molecule has 0 amide bonds. The van der Waals surface area contributed by atoms with Gasteiger partial charge in [0.2, 0.25) is 0 Å². The molecule has 1 aromatic rings. The standard InChI is InChI=1S/C17H27NO2/c1-5-7-9-20-17-13(3)11-16(12-15(17)6-2)19-10-8-14(4)18/h8,11-12H,5-7,9-10,18H2,1-4H3/b14-8+. The molecule has 0 bridgehead atoms. The monoisotopic (exact) mass is 277 g/mol. The van der Waals surface area contributed by atoms with Gasteiger partial charge in [0.25, 0.3) is 0 Å². The van der Waals surface area contributed by atoms with Gasteiger partial charge < -0.3 is 15.2 Å². The van der Waals surface area contributed by atoms with Crippen LogP contribution in [-0.2, 0) is 6.42 Å². The Bertz CT molecular complexity index is 449. The lowest BCUT2D eigenvalue weighted by atomic mass is 10.1. The number of unbranched alkanes of at least 4 members (excludes halogenated alkanes) is 1. The van der Waals surface area contributed by atoms with Crippen LogP contribution in [-0.4, -0.2) is 13.2 Å². The third kappa shape index (κ3) is 5.16. The summed E-state index contributed by atoms with van der Waals surface area (Å²) in [6, 6.07) is 4.09. The minimum Gasteiger partial charge on any atom is -0.493 e. The van der Waals surface area contributed by atoms with Crippen molar-refractivity contribution in [2.75, 3.05) is 13.2 Å². The van der Waals surface area contributed by atoms with E-state index in [9.17, 15) is 0 Å². The van der Waals surface area contributed by atoms with E-state index in [0.29, 0.717) is 6.61 Å². The van der Waals surface area contributed by atoms with Gasteiger partial charge in [0.05, 0.1) is 6.61 Å². The van der Waals surface area contributed by atoms with Crippen LogP contribution in [0.2, 0.25) is 0 Å². The van der Waals surface area contributed by atoms with Crippen molar-refractivity contribution in [1.82, 2.24) is 0 Å². The Kier molecular flexibility index (Phi) is 6.99. The number of hydrogen-bond donors (Lipinski definition) is 1. The Morgan fingerprint density at radius 3 is 2.60 bits per heavy atom. The van der Waals surface area contributed by atoms with E-state index in [-0.39, 0.29) is 0 Å². The fourth-order valence-corrected chi connectivity index (χ4v) is 1.95. The summed E-state index contributed by atoms with van der Waals surface area (Å²) >= 11 is 0. The summed E-state index contributed by atoms with van der Waals surface area (Å²) < 4.78 is 11.6. The van der Waals surface area contributed by atoms with Gasteiger partial charge in [-0.25, -0.2) is 0 Å². The molecule has 3 heteroatoms. The van der Waals surface area contributed by atoms with Crippen LogP contribution in [0.15, 0.2) is 23.9 Å². The van der Waals surface area contributed by atoms with Crippen molar-refractivity contribution in [3.8, 4) is 11.5 Å². The number of hydrogen-bond acceptors (Lipinski definition) is 3. The van der Waals surface area contributed by atoms with E-state index < -0.39 is 0 Å². The first-order chi connectivity index (χ1) is 9.58. The molecular formula is C17H27NO2. The topological polar surface area (TPSA) is 44.5 Å². The molecule has 0 aromatic heterocycles. The van der Waals surface area contributed by atoms with Crippen LogP contribution in [0, 0.1) is 6.92 Å². The van der Waals surface area contributed by atoms with Crippen molar-refractivity contribution in [2.45, 2.75) is 47.0 Å². The van der Waals surface area contributed by atoms with E-state index in [1.807, 2.05) is 19.1 Å². The van der Waals surface area contributed by atoms with Gasteiger partial charge in [0.1, 0.15) is 18.1 Å². The van der Waals surface area contributed by atoms with Crippen LogP contribution in [0.25, 0.3) is 0 Å². The maximum absolute atomic E-state index is 5.91. The van der Waals surface area contributed by atoms with E-state index in [0.717, 1.165) is 48.6 Å². The van der Waals surface area contributed by atoms with Crippen LogP contribution in [0.4, 0.5) is 0 Å². The zero-order valence-electron chi connectivity index (χ0n) is 13.2. The van der Waals surface area contributed by atoms with Crippen LogP contribution >= 0.6 is 0 Å². The molecule has 0 fully saturated rings.